The number of hydrogen-bond acceptors (Lipinski definition) is 4. The van der Waals surface area contributed by atoms with Crippen LogP contribution in [0, 0.1) is 11.7 Å². The Bertz CT molecular complexity index is 927. The number of rotatable bonds is 7. The Morgan fingerprint density at radius 1 is 1.30 bits per heavy atom. The topological polar surface area (TPSA) is 65.0 Å². The van der Waals surface area contributed by atoms with E-state index in [1.807, 2.05) is 7.05 Å². The van der Waals surface area contributed by atoms with E-state index in [1.54, 1.807) is 31.5 Å². The van der Waals surface area contributed by atoms with Crippen molar-refractivity contribution >= 4 is 22.6 Å². The van der Waals surface area contributed by atoms with Crippen LogP contribution in [0.5, 0.6) is 0 Å². The Labute approximate surface area is 163 Å². The second-order valence-electron chi connectivity index (χ2n) is 7.26. The molecule has 0 saturated heterocycles. The Balaban J connectivity index is 1.79. The molecule has 5 nitrogen and oxygen atoms in total. The molecule has 144 valence electrons. The standard InChI is InChI=1S/C20H24ClFN4O/c1-12(10-26(3)11-13(2)27)6-14-8-24-18(7-16(14)21)15-4-5-23-20-19(15)17(22)9-25-20/h4-5,7-9,12-13,27H,6,10-11H2,1-3H3,(H,23,25). The second-order valence-corrected chi connectivity index (χ2v) is 7.67. The molecule has 0 aliphatic rings. The fourth-order valence-corrected chi connectivity index (χ4v) is 3.71. The van der Waals surface area contributed by atoms with E-state index >= 15 is 0 Å². The number of fused-ring (bicyclic) bond motifs is 1. The molecular weight excluding hydrogens is 367 g/mol. The third-order valence-corrected chi connectivity index (χ3v) is 4.85. The lowest BCUT2D eigenvalue weighted by molar-refractivity contribution is 0.133. The van der Waals surface area contributed by atoms with Crippen LogP contribution in [0.25, 0.3) is 22.3 Å². The zero-order valence-electron chi connectivity index (χ0n) is 15.7. The van der Waals surface area contributed by atoms with Gasteiger partial charge in [0.05, 0.1) is 17.2 Å². The number of halogens is 2. The van der Waals surface area contributed by atoms with E-state index in [2.05, 4.69) is 26.8 Å². The molecular formula is C20H24ClFN4O. The van der Waals surface area contributed by atoms with E-state index in [0.717, 1.165) is 18.5 Å². The number of likely N-dealkylation sites (N-methyl/N-ethyl adjacent to an activating group) is 1. The zero-order chi connectivity index (χ0) is 19.6. The number of aliphatic hydroxyl groups is 1. The van der Waals surface area contributed by atoms with Crippen LogP contribution in [-0.4, -0.2) is 51.2 Å². The first-order chi connectivity index (χ1) is 12.8. The first kappa shape index (κ1) is 19.7. The van der Waals surface area contributed by atoms with Crippen molar-refractivity contribution in [3.8, 4) is 11.3 Å². The van der Waals surface area contributed by atoms with Gasteiger partial charge in [-0.05, 0) is 44.0 Å². The van der Waals surface area contributed by atoms with Gasteiger partial charge in [-0.2, -0.15) is 0 Å². The SMILES string of the molecule is CC(O)CN(C)CC(C)Cc1cnc(-c2ccnc3[nH]cc(F)c23)cc1Cl. The first-order valence-electron chi connectivity index (χ1n) is 8.98. The molecule has 0 amide bonds. The predicted molar refractivity (Wildman–Crippen MR) is 106 cm³/mol. The smallest absolute Gasteiger partial charge is 0.150 e. The average molecular weight is 391 g/mol. The highest BCUT2D eigenvalue weighted by Gasteiger charge is 2.15. The number of nitrogens with one attached hydrogen (secondary N) is 1. The van der Waals surface area contributed by atoms with Gasteiger partial charge in [-0.3, -0.25) is 4.98 Å². The highest BCUT2D eigenvalue weighted by Crippen LogP contribution is 2.30. The zero-order valence-corrected chi connectivity index (χ0v) is 16.5. The van der Waals surface area contributed by atoms with E-state index in [-0.39, 0.29) is 11.9 Å². The first-order valence-corrected chi connectivity index (χ1v) is 9.36. The number of aliphatic hydroxyl groups excluding tert-OH is 1. The lowest BCUT2D eigenvalue weighted by Crippen LogP contribution is -2.31. The molecule has 3 aromatic rings. The molecule has 3 heterocycles. The van der Waals surface area contributed by atoms with Gasteiger partial charge in [-0.1, -0.05) is 18.5 Å². The van der Waals surface area contributed by atoms with E-state index in [1.165, 1.54) is 6.20 Å². The molecule has 0 aliphatic heterocycles. The monoisotopic (exact) mass is 390 g/mol. The number of nitrogens with zero attached hydrogens (tertiary/aromatic N) is 3. The molecule has 0 aliphatic carbocycles. The summed E-state index contributed by atoms with van der Waals surface area (Å²) in [5.41, 5.74) is 2.73. The van der Waals surface area contributed by atoms with Gasteiger partial charge in [0.1, 0.15) is 5.65 Å². The van der Waals surface area contributed by atoms with Gasteiger partial charge in [0.2, 0.25) is 0 Å². The molecule has 2 N–H and O–H groups in total. The van der Waals surface area contributed by atoms with E-state index in [0.29, 0.717) is 39.8 Å². The van der Waals surface area contributed by atoms with Gasteiger partial charge in [0, 0.05) is 42.3 Å². The van der Waals surface area contributed by atoms with Crippen LogP contribution in [0.15, 0.2) is 30.7 Å². The van der Waals surface area contributed by atoms with E-state index < -0.39 is 0 Å². The normalized spacial score (nSPS) is 14.0. The minimum Gasteiger partial charge on any atom is -0.392 e. The molecule has 2 unspecified atom stereocenters. The van der Waals surface area contributed by atoms with Gasteiger partial charge < -0.3 is 15.0 Å². The van der Waals surface area contributed by atoms with Crippen LogP contribution < -0.4 is 0 Å². The van der Waals surface area contributed by atoms with Crippen LogP contribution in [0.4, 0.5) is 4.39 Å². The highest BCUT2D eigenvalue weighted by molar-refractivity contribution is 6.31. The molecule has 27 heavy (non-hydrogen) atoms. The van der Waals surface area contributed by atoms with Crippen LogP contribution in [0.1, 0.15) is 19.4 Å². The lowest BCUT2D eigenvalue weighted by atomic mass is 10.0. The number of pyridine rings is 2. The molecule has 7 heteroatoms. The number of aromatic nitrogens is 3. The average Bonchev–Trinajstić information content (AvgIpc) is 2.97. The lowest BCUT2D eigenvalue weighted by Gasteiger charge is -2.22. The second kappa shape index (κ2) is 8.33. The molecule has 0 saturated carbocycles. The molecule has 0 bridgehead atoms. The Morgan fingerprint density at radius 3 is 2.78 bits per heavy atom. The summed E-state index contributed by atoms with van der Waals surface area (Å²) in [6, 6.07) is 3.52. The van der Waals surface area contributed by atoms with Crippen molar-refractivity contribution in [3.63, 3.8) is 0 Å². The molecule has 0 aromatic carbocycles. The summed E-state index contributed by atoms with van der Waals surface area (Å²) >= 11 is 6.50. The molecule has 0 spiro atoms. The van der Waals surface area contributed by atoms with Crippen LogP contribution in [0.3, 0.4) is 0 Å². The molecule has 3 aromatic heterocycles. The molecule has 0 radical (unpaired) electrons. The quantitative estimate of drug-likeness (QED) is 0.642. The van der Waals surface area contributed by atoms with Crippen molar-refractivity contribution in [2.24, 2.45) is 5.92 Å². The Hall–Kier alpha value is -2.02. The van der Waals surface area contributed by atoms with Gasteiger partial charge in [-0.15, -0.1) is 0 Å². The minimum atomic E-state index is -0.357. The fraction of sp³-hybridized carbons (Fsp3) is 0.400. The van der Waals surface area contributed by atoms with Crippen molar-refractivity contribution in [3.05, 3.63) is 47.1 Å². The number of hydrogen-bond donors (Lipinski definition) is 2. The highest BCUT2D eigenvalue weighted by atomic mass is 35.5. The maximum absolute atomic E-state index is 14.1. The van der Waals surface area contributed by atoms with Crippen LogP contribution in [0.2, 0.25) is 5.02 Å². The van der Waals surface area contributed by atoms with Crippen molar-refractivity contribution in [1.82, 2.24) is 19.9 Å². The third kappa shape index (κ3) is 4.64. The Morgan fingerprint density at radius 2 is 2.07 bits per heavy atom. The van der Waals surface area contributed by atoms with Gasteiger partial charge in [0.15, 0.2) is 5.82 Å². The summed E-state index contributed by atoms with van der Waals surface area (Å²) in [6.07, 6.45) is 5.11. The van der Waals surface area contributed by atoms with E-state index in [9.17, 15) is 9.50 Å². The van der Waals surface area contributed by atoms with Gasteiger partial charge >= 0.3 is 0 Å². The molecule has 3 rings (SSSR count). The summed E-state index contributed by atoms with van der Waals surface area (Å²) in [5, 5.41) is 10.5. The van der Waals surface area contributed by atoms with Gasteiger partial charge in [0.25, 0.3) is 0 Å². The number of aromatic amines is 1. The maximum atomic E-state index is 14.1. The maximum Gasteiger partial charge on any atom is 0.150 e. The van der Waals surface area contributed by atoms with Crippen molar-refractivity contribution in [2.45, 2.75) is 26.4 Å². The molecule has 0 fully saturated rings. The van der Waals surface area contributed by atoms with Crippen molar-refractivity contribution in [2.75, 3.05) is 20.1 Å². The van der Waals surface area contributed by atoms with Crippen molar-refractivity contribution in [1.29, 1.82) is 0 Å². The van der Waals surface area contributed by atoms with Crippen LogP contribution in [-0.2, 0) is 6.42 Å². The summed E-state index contributed by atoms with van der Waals surface area (Å²) in [6.45, 7) is 5.41. The Kier molecular flexibility index (Phi) is 6.09. The van der Waals surface area contributed by atoms with Crippen LogP contribution >= 0.6 is 11.6 Å². The number of H-pyrrole nitrogens is 1. The third-order valence-electron chi connectivity index (χ3n) is 4.50. The fourth-order valence-electron chi connectivity index (χ4n) is 3.48. The predicted octanol–water partition coefficient (Wildman–Crippen LogP) is 3.91. The van der Waals surface area contributed by atoms with E-state index in [4.69, 9.17) is 11.6 Å². The summed E-state index contributed by atoms with van der Waals surface area (Å²) < 4.78 is 14.1. The minimum absolute atomic E-state index is 0.349. The van der Waals surface area contributed by atoms with Gasteiger partial charge in [-0.25, -0.2) is 9.37 Å². The summed E-state index contributed by atoms with van der Waals surface area (Å²) in [7, 11) is 1.99. The molecule has 2 atom stereocenters. The largest absolute Gasteiger partial charge is 0.392 e. The summed E-state index contributed by atoms with van der Waals surface area (Å²) in [4.78, 5) is 13.6. The summed E-state index contributed by atoms with van der Waals surface area (Å²) in [5.74, 6) is -0.00137. The van der Waals surface area contributed by atoms with Crippen molar-refractivity contribution < 1.29 is 9.50 Å².